The Morgan fingerprint density at radius 1 is 0.750 bits per heavy atom. The summed E-state index contributed by atoms with van der Waals surface area (Å²) >= 11 is 7.23. The van der Waals surface area contributed by atoms with Gasteiger partial charge in [0.15, 0.2) is 0 Å². The van der Waals surface area contributed by atoms with Crippen LogP contribution in [0.3, 0.4) is 0 Å². The van der Waals surface area contributed by atoms with Crippen molar-refractivity contribution in [3.8, 4) is 11.5 Å². The first-order valence-electron chi connectivity index (χ1n) is 8.69. The predicted molar refractivity (Wildman–Crippen MR) is 121 cm³/mol. The van der Waals surface area contributed by atoms with Gasteiger partial charge < -0.3 is 9.47 Å². The molecule has 0 bridgehead atoms. The van der Waals surface area contributed by atoms with Crippen molar-refractivity contribution >= 4 is 54.7 Å². The molecule has 0 fully saturated rings. The number of rotatable bonds is 3. The van der Waals surface area contributed by atoms with Crippen LogP contribution in [0.1, 0.15) is 11.1 Å². The minimum absolute atomic E-state index is 0.667. The lowest BCUT2D eigenvalue weighted by atomic mass is 9.88. The van der Waals surface area contributed by atoms with Gasteiger partial charge in [-0.1, -0.05) is 45.0 Å². The molecule has 2 aliphatic heterocycles. The van der Waals surface area contributed by atoms with Crippen LogP contribution in [0, 0.1) is 0 Å². The number of fused-ring (bicyclic) bond motifs is 2. The Morgan fingerprint density at radius 2 is 1.14 bits per heavy atom. The molecule has 0 N–H and O–H groups in total. The van der Waals surface area contributed by atoms with E-state index >= 15 is 0 Å². The van der Waals surface area contributed by atoms with E-state index in [-0.39, 0.29) is 0 Å². The fourth-order valence-electron chi connectivity index (χ4n) is 3.51. The van der Waals surface area contributed by atoms with E-state index in [0.29, 0.717) is 12.8 Å². The third-order valence-electron chi connectivity index (χ3n) is 4.94. The van der Waals surface area contributed by atoms with Gasteiger partial charge in [0.25, 0.3) is 0 Å². The molecule has 0 atom stereocenters. The zero-order valence-electron chi connectivity index (χ0n) is 15.6. The quantitative estimate of drug-likeness (QED) is 0.495. The second-order valence-electron chi connectivity index (χ2n) is 6.64. The van der Waals surface area contributed by atoms with Crippen LogP contribution in [0.5, 0.6) is 11.5 Å². The molecule has 0 amide bonds. The van der Waals surface area contributed by atoms with Crippen LogP contribution in [0.2, 0.25) is 0 Å². The second-order valence-corrected chi connectivity index (χ2v) is 8.34. The molecule has 0 unspecified atom stereocenters. The Bertz CT molecular complexity index is 1010. The molecule has 0 aliphatic carbocycles. The fourth-order valence-corrected chi connectivity index (χ4v) is 4.43. The number of ether oxygens (including phenoxy) is 2. The molecular weight excluding hydrogens is 484 g/mol. The van der Waals surface area contributed by atoms with E-state index in [1.165, 1.54) is 0 Å². The molecule has 4 rings (SSSR count). The molecule has 2 heterocycles. The van der Waals surface area contributed by atoms with Crippen molar-refractivity contribution in [1.29, 1.82) is 0 Å². The number of hydrogen-bond acceptors (Lipinski definition) is 4. The van der Waals surface area contributed by atoms with Gasteiger partial charge in [0.1, 0.15) is 22.9 Å². The SMILES string of the molecule is C=C1Cc2c(Br)ccc(OC)c2N=C1C1=Nc2c(OC)ccc(Br)c2CC1=C. The van der Waals surface area contributed by atoms with Crippen LogP contribution in [-0.4, -0.2) is 25.6 Å². The maximum atomic E-state index is 5.53. The van der Waals surface area contributed by atoms with Crippen molar-refractivity contribution in [2.24, 2.45) is 9.98 Å². The van der Waals surface area contributed by atoms with Gasteiger partial charge in [-0.3, -0.25) is 0 Å². The topological polar surface area (TPSA) is 43.2 Å². The zero-order valence-corrected chi connectivity index (χ0v) is 18.8. The molecule has 0 radical (unpaired) electrons. The predicted octanol–water partition coefficient (Wildman–Crippen LogP) is 6.30. The van der Waals surface area contributed by atoms with E-state index in [0.717, 1.165) is 65.5 Å². The number of allylic oxidation sites excluding steroid dienone is 2. The Balaban J connectivity index is 1.92. The van der Waals surface area contributed by atoms with Crippen molar-refractivity contribution < 1.29 is 9.47 Å². The van der Waals surface area contributed by atoms with Crippen molar-refractivity contribution in [2.45, 2.75) is 12.8 Å². The Hall–Kier alpha value is -2.18. The van der Waals surface area contributed by atoms with Gasteiger partial charge in [-0.15, -0.1) is 0 Å². The molecule has 2 aromatic carbocycles. The summed E-state index contributed by atoms with van der Waals surface area (Å²) in [5, 5.41) is 0. The molecular formula is C22H18Br2N2O2. The second kappa shape index (κ2) is 7.33. The van der Waals surface area contributed by atoms with Gasteiger partial charge in [0, 0.05) is 32.9 Å². The first kappa shape index (κ1) is 19.2. The van der Waals surface area contributed by atoms with E-state index in [2.05, 4.69) is 45.0 Å². The lowest BCUT2D eigenvalue weighted by molar-refractivity contribution is 0.415. The zero-order chi connectivity index (χ0) is 20.0. The molecule has 0 spiro atoms. The lowest BCUT2D eigenvalue weighted by Crippen LogP contribution is -2.24. The minimum atomic E-state index is 0.667. The summed E-state index contributed by atoms with van der Waals surface area (Å²) in [5.74, 6) is 1.46. The molecule has 0 saturated heterocycles. The monoisotopic (exact) mass is 500 g/mol. The van der Waals surface area contributed by atoms with Gasteiger partial charge in [0.05, 0.1) is 25.6 Å². The Morgan fingerprint density at radius 3 is 1.50 bits per heavy atom. The highest BCUT2D eigenvalue weighted by atomic mass is 79.9. The highest BCUT2D eigenvalue weighted by Crippen LogP contribution is 2.44. The molecule has 142 valence electrons. The number of nitrogens with zero attached hydrogens (tertiary/aromatic N) is 2. The fraction of sp³-hybridized carbons (Fsp3) is 0.182. The van der Waals surface area contributed by atoms with E-state index in [4.69, 9.17) is 19.5 Å². The molecule has 2 aromatic rings. The third-order valence-corrected chi connectivity index (χ3v) is 6.42. The summed E-state index contributed by atoms with van der Waals surface area (Å²) in [6.07, 6.45) is 1.33. The summed E-state index contributed by atoms with van der Waals surface area (Å²) in [6, 6.07) is 7.76. The maximum absolute atomic E-state index is 5.53. The van der Waals surface area contributed by atoms with Crippen LogP contribution < -0.4 is 9.47 Å². The standard InChI is InChI=1S/C22H18Br2N2O2/c1-11-9-13-15(23)5-7-17(27-3)21(13)25-19(11)20-12(2)10-14-16(24)6-8-18(28-4)22(14)26-20/h5-8H,1-2,9-10H2,3-4H3. The molecule has 0 saturated carbocycles. The summed E-state index contributed by atoms with van der Waals surface area (Å²) < 4.78 is 13.0. The Kier molecular flexibility index (Phi) is 5.02. The van der Waals surface area contributed by atoms with Gasteiger partial charge in [-0.25, -0.2) is 9.98 Å². The van der Waals surface area contributed by atoms with Gasteiger partial charge in [-0.05, 0) is 35.4 Å². The molecule has 6 heteroatoms. The van der Waals surface area contributed by atoms with Crippen molar-refractivity contribution in [2.75, 3.05) is 14.2 Å². The number of hydrogen-bond donors (Lipinski definition) is 0. The summed E-state index contributed by atoms with van der Waals surface area (Å²) in [6.45, 7) is 8.52. The van der Waals surface area contributed by atoms with E-state index in [1.807, 2.05) is 24.3 Å². The van der Waals surface area contributed by atoms with Crippen LogP contribution in [0.15, 0.2) is 67.5 Å². The average molecular weight is 502 g/mol. The lowest BCUT2D eigenvalue weighted by Gasteiger charge is -2.26. The third kappa shape index (κ3) is 3.05. The highest BCUT2D eigenvalue weighted by molar-refractivity contribution is 9.10. The van der Waals surface area contributed by atoms with Crippen molar-refractivity contribution in [3.63, 3.8) is 0 Å². The van der Waals surface area contributed by atoms with Crippen molar-refractivity contribution in [3.05, 3.63) is 68.6 Å². The van der Waals surface area contributed by atoms with E-state index in [9.17, 15) is 0 Å². The van der Waals surface area contributed by atoms with Crippen LogP contribution in [-0.2, 0) is 12.8 Å². The maximum Gasteiger partial charge on any atom is 0.144 e. The normalized spacial score (nSPS) is 15.4. The number of aliphatic imine (C=N–C) groups is 2. The average Bonchev–Trinajstić information content (AvgIpc) is 2.69. The molecule has 28 heavy (non-hydrogen) atoms. The van der Waals surface area contributed by atoms with Gasteiger partial charge in [0.2, 0.25) is 0 Å². The number of halogens is 2. The molecule has 0 aromatic heterocycles. The van der Waals surface area contributed by atoms with Crippen LogP contribution in [0.4, 0.5) is 11.4 Å². The van der Waals surface area contributed by atoms with Gasteiger partial charge >= 0.3 is 0 Å². The highest BCUT2D eigenvalue weighted by Gasteiger charge is 2.29. The largest absolute Gasteiger partial charge is 0.494 e. The smallest absolute Gasteiger partial charge is 0.144 e. The van der Waals surface area contributed by atoms with E-state index in [1.54, 1.807) is 14.2 Å². The minimum Gasteiger partial charge on any atom is -0.494 e. The number of benzene rings is 2. The summed E-state index contributed by atoms with van der Waals surface area (Å²) in [4.78, 5) is 9.80. The first-order chi connectivity index (χ1) is 13.4. The van der Waals surface area contributed by atoms with E-state index < -0.39 is 0 Å². The number of methoxy groups -OCH3 is 2. The van der Waals surface area contributed by atoms with Crippen LogP contribution >= 0.6 is 31.9 Å². The van der Waals surface area contributed by atoms with Crippen molar-refractivity contribution in [1.82, 2.24) is 0 Å². The molecule has 4 nitrogen and oxygen atoms in total. The first-order valence-corrected chi connectivity index (χ1v) is 10.3. The molecule has 2 aliphatic rings. The van der Waals surface area contributed by atoms with Gasteiger partial charge in [-0.2, -0.15) is 0 Å². The van der Waals surface area contributed by atoms with Crippen LogP contribution in [0.25, 0.3) is 0 Å². The summed E-state index contributed by atoms with van der Waals surface area (Å²) in [5.41, 5.74) is 7.05. The summed E-state index contributed by atoms with van der Waals surface area (Å²) in [7, 11) is 3.30. The Labute approximate surface area is 180 Å².